The second-order valence-corrected chi connectivity index (χ2v) is 11.2. The molecule has 0 bridgehead atoms. The lowest BCUT2D eigenvalue weighted by atomic mass is 9.70. The summed E-state index contributed by atoms with van der Waals surface area (Å²) in [5.41, 5.74) is 1.46. The molecule has 27 heavy (non-hydrogen) atoms. The standard InChI is InChI=1S/C21H35ClN2O2S/c1-6-13-27(25,26)23-20(16(2)3)14-24-12-11-19(21(4,5)15-24)17-7-9-18(22)10-8-17/h7-10,16,19-20,23H,6,11-15H2,1-5H3/t19-,20+/m1/s1. The SMILES string of the molecule is CCCS(=O)(=O)N[C@@H](CN1CC[C@H](c2ccc(Cl)cc2)C(C)(C)C1)C(C)C. The van der Waals surface area contributed by atoms with Gasteiger partial charge < -0.3 is 4.90 Å². The Hall–Kier alpha value is -0.620. The topological polar surface area (TPSA) is 49.4 Å². The Morgan fingerprint density at radius 2 is 1.89 bits per heavy atom. The Labute approximate surface area is 170 Å². The summed E-state index contributed by atoms with van der Waals surface area (Å²) in [6.07, 6.45) is 1.71. The number of rotatable bonds is 8. The molecule has 1 aromatic carbocycles. The fourth-order valence-electron chi connectivity index (χ4n) is 4.16. The number of hydrogen-bond donors (Lipinski definition) is 1. The highest BCUT2D eigenvalue weighted by Gasteiger charge is 2.37. The normalized spacial score (nSPS) is 22.1. The molecule has 0 amide bonds. The molecule has 6 heteroatoms. The van der Waals surface area contributed by atoms with Crippen LogP contribution in [-0.4, -0.2) is 44.7 Å². The van der Waals surface area contributed by atoms with Gasteiger partial charge in [-0.2, -0.15) is 0 Å². The van der Waals surface area contributed by atoms with Crippen molar-refractivity contribution in [3.63, 3.8) is 0 Å². The van der Waals surface area contributed by atoms with Gasteiger partial charge in [0, 0.05) is 24.2 Å². The van der Waals surface area contributed by atoms with Crippen LogP contribution in [-0.2, 0) is 10.0 Å². The van der Waals surface area contributed by atoms with E-state index in [-0.39, 0.29) is 23.1 Å². The van der Waals surface area contributed by atoms with Crippen LogP contribution >= 0.6 is 11.6 Å². The molecule has 1 aliphatic heterocycles. The monoisotopic (exact) mass is 414 g/mol. The highest BCUT2D eigenvalue weighted by Crippen LogP contribution is 2.42. The summed E-state index contributed by atoms with van der Waals surface area (Å²) in [6.45, 7) is 13.4. The van der Waals surface area contributed by atoms with Crippen LogP contribution in [0.15, 0.2) is 24.3 Å². The first kappa shape index (κ1) is 22.7. The molecule has 2 rings (SSSR count). The van der Waals surface area contributed by atoms with E-state index < -0.39 is 10.0 Å². The zero-order valence-electron chi connectivity index (χ0n) is 17.3. The smallest absolute Gasteiger partial charge is 0.211 e. The number of nitrogens with zero attached hydrogens (tertiary/aromatic N) is 1. The minimum Gasteiger partial charge on any atom is -0.301 e. The van der Waals surface area contributed by atoms with Crippen molar-refractivity contribution < 1.29 is 8.42 Å². The number of nitrogens with one attached hydrogen (secondary N) is 1. The minimum absolute atomic E-state index is 0.0515. The molecule has 0 aromatic heterocycles. The average molecular weight is 415 g/mol. The van der Waals surface area contributed by atoms with Gasteiger partial charge in [-0.25, -0.2) is 13.1 Å². The van der Waals surface area contributed by atoms with Crippen LogP contribution in [0.1, 0.15) is 58.9 Å². The maximum absolute atomic E-state index is 12.2. The predicted molar refractivity (Wildman–Crippen MR) is 115 cm³/mol. The number of piperidine rings is 1. The van der Waals surface area contributed by atoms with Crippen molar-refractivity contribution >= 4 is 21.6 Å². The van der Waals surface area contributed by atoms with Crippen LogP contribution < -0.4 is 4.72 Å². The molecule has 0 spiro atoms. The Balaban J connectivity index is 2.05. The summed E-state index contributed by atoms with van der Waals surface area (Å²) in [4.78, 5) is 2.42. The molecule has 154 valence electrons. The van der Waals surface area contributed by atoms with Gasteiger partial charge in [-0.05, 0) is 54.3 Å². The molecule has 1 heterocycles. The van der Waals surface area contributed by atoms with Gasteiger partial charge in [0.2, 0.25) is 10.0 Å². The summed E-state index contributed by atoms with van der Waals surface area (Å²) in [6, 6.07) is 8.16. The van der Waals surface area contributed by atoms with Gasteiger partial charge in [0.05, 0.1) is 5.75 Å². The number of sulfonamides is 1. The van der Waals surface area contributed by atoms with E-state index in [2.05, 4.69) is 49.4 Å². The van der Waals surface area contributed by atoms with Gasteiger partial charge >= 0.3 is 0 Å². The van der Waals surface area contributed by atoms with Crippen molar-refractivity contribution in [2.24, 2.45) is 11.3 Å². The second kappa shape index (κ2) is 9.25. The number of hydrogen-bond acceptors (Lipinski definition) is 3. The van der Waals surface area contributed by atoms with Crippen LogP contribution in [0.5, 0.6) is 0 Å². The maximum Gasteiger partial charge on any atom is 0.211 e. The lowest BCUT2D eigenvalue weighted by molar-refractivity contribution is 0.0822. The molecule has 0 aliphatic carbocycles. The first-order valence-electron chi connectivity index (χ1n) is 10.0. The van der Waals surface area contributed by atoms with E-state index in [9.17, 15) is 8.42 Å². The molecule has 4 nitrogen and oxygen atoms in total. The minimum atomic E-state index is -3.20. The van der Waals surface area contributed by atoms with Gasteiger partial charge in [-0.15, -0.1) is 0 Å². The van der Waals surface area contributed by atoms with Crippen molar-refractivity contribution in [1.82, 2.24) is 9.62 Å². The highest BCUT2D eigenvalue weighted by molar-refractivity contribution is 7.89. The van der Waals surface area contributed by atoms with Gasteiger partial charge in [0.15, 0.2) is 0 Å². The molecule has 2 atom stereocenters. The maximum atomic E-state index is 12.2. The molecule has 1 fully saturated rings. The molecule has 0 saturated carbocycles. The Morgan fingerprint density at radius 3 is 2.41 bits per heavy atom. The Bertz CT molecular complexity index is 701. The molecule has 1 N–H and O–H groups in total. The molecule has 1 saturated heterocycles. The summed E-state index contributed by atoms with van der Waals surface area (Å²) >= 11 is 6.04. The first-order chi connectivity index (χ1) is 12.5. The van der Waals surface area contributed by atoms with Crippen LogP contribution in [0.4, 0.5) is 0 Å². The van der Waals surface area contributed by atoms with Crippen LogP contribution in [0, 0.1) is 11.3 Å². The summed E-state index contributed by atoms with van der Waals surface area (Å²) in [7, 11) is -3.20. The van der Waals surface area contributed by atoms with E-state index in [1.807, 2.05) is 19.1 Å². The largest absolute Gasteiger partial charge is 0.301 e. The van der Waals surface area contributed by atoms with Crippen molar-refractivity contribution in [2.45, 2.75) is 59.4 Å². The molecular formula is C21H35ClN2O2S. The number of likely N-dealkylation sites (tertiary alicyclic amines) is 1. The highest BCUT2D eigenvalue weighted by atomic mass is 35.5. The zero-order chi connectivity index (χ0) is 20.2. The quantitative estimate of drug-likeness (QED) is 0.680. The lowest BCUT2D eigenvalue weighted by Gasteiger charge is -2.46. The van der Waals surface area contributed by atoms with Crippen LogP contribution in [0.2, 0.25) is 5.02 Å². The summed E-state index contributed by atoms with van der Waals surface area (Å²) in [5.74, 6) is 0.939. The third-order valence-electron chi connectivity index (χ3n) is 5.64. The van der Waals surface area contributed by atoms with Crippen LogP contribution in [0.25, 0.3) is 0 Å². The summed E-state index contributed by atoms with van der Waals surface area (Å²) < 4.78 is 27.4. The number of halogens is 1. The van der Waals surface area contributed by atoms with Gasteiger partial charge in [0.25, 0.3) is 0 Å². The Kier molecular flexibility index (Phi) is 7.77. The third-order valence-corrected chi connectivity index (χ3v) is 7.50. The van der Waals surface area contributed by atoms with Gasteiger partial charge in [-0.1, -0.05) is 58.4 Å². The van der Waals surface area contributed by atoms with E-state index >= 15 is 0 Å². The van der Waals surface area contributed by atoms with Gasteiger partial charge in [-0.3, -0.25) is 0 Å². The molecule has 1 aromatic rings. The second-order valence-electron chi connectivity index (χ2n) is 8.90. The first-order valence-corrected chi connectivity index (χ1v) is 12.0. The van der Waals surface area contributed by atoms with E-state index in [4.69, 9.17) is 11.6 Å². The van der Waals surface area contributed by atoms with E-state index in [0.717, 1.165) is 31.1 Å². The van der Waals surface area contributed by atoms with E-state index in [1.165, 1.54) is 5.56 Å². The lowest BCUT2D eigenvalue weighted by Crippen LogP contribution is -2.52. The third kappa shape index (κ3) is 6.45. The average Bonchev–Trinajstić information content (AvgIpc) is 2.54. The van der Waals surface area contributed by atoms with Crippen molar-refractivity contribution in [3.05, 3.63) is 34.9 Å². The van der Waals surface area contributed by atoms with Crippen molar-refractivity contribution in [3.8, 4) is 0 Å². The number of benzene rings is 1. The predicted octanol–water partition coefficient (Wildman–Crippen LogP) is 4.51. The van der Waals surface area contributed by atoms with Crippen LogP contribution in [0.3, 0.4) is 0 Å². The van der Waals surface area contributed by atoms with Crippen molar-refractivity contribution in [1.29, 1.82) is 0 Å². The molecular weight excluding hydrogens is 380 g/mol. The molecule has 0 unspecified atom stereocenters. The fourth-order valence-corrected chi connectivity index (χ4v) is 5.75. The van der Waals surface area contributed by atoms with E-state index in [0.29, 0.717) is 12.3 Å². The summed E-state index contributed by atoms with van der Waals surface area (Å²) in [5, 5.41) is 0.771. The molecule has 1 aliphatic rings. The fraction of sp³-hybridized carbons (Fsp3) is 0.714. The zero-order valence-corrected chi connectivity index (χ0v) is 18.9. The van der Waals surface area contributed by atoms with Crippen molar-refractivity contribution in [2.75, 3.05) is 25.4 Å². The van der Waals surface area contributed by atoms with Gasteiger partial charge in [0.1, 0.15) is 0 Å². The molecule has 0 radical (unpaired) electrons. The van der Waals surface area contributed by atoms with E-state index in [1.54, 1.807) is 0 Å². The Morgan fingerprint density at radius 1 is 1.26 bits per heavy atom.